The number of aromatic nitrogens is 2. The Morgan fingerprint density at radius 1 is 1.19 bits per heavy atom. The van der Waals surface area contributed by atoms with E-state index in [-0.39, 0.29) is 17.1 Å². The minimum absolute atomic E-state index is 0.0322. The molecular formula is C17H17F5N2O2S. The van der Waals surface area contributed by atoms with Gasteiger partial charge in [0.2, 0.25) is 0 Å². The number of hydrogen-bond acceptors (Lipinski definition) is 3. The van der Waals surface area contributed by atoms with Gasteiger partial charge in [-0.3, -0.25) is 0 Å². The highest BCUT2D eigenvalue weighted by Gasteiger charge is 2.33. The van der Waals surface area contributed by atoms with Crippen LogP contribution in [0.15, 0.2) is 35.4 Å². The van der Waals surface area contributed by atoms with Crippen LogP contribution in [0.1, 0.15) is 25.1 Å². The molecule has 0 spiro atoms. The molecule has 0 fully saturated rings. The fraction of sp³-hybridized carbons (Fsp3) is 0.353. The summed E-state index contributed by atoms with van der Waals surface area (Å²) in [6, 6.07) is 2.35. The van der Waals surface area contributed by atoms with Crippen LogP contribution >= 0.6 is 0 Å². The van der Waals surface area contributed by atoms with Gasteiger partial charge in [0.05, 0.1) is 28.1 Å². The molecule has 4 nitrogen and oxygen atoms in total. The van der Waals surface area contributed by atoms with Crippen LogP contribution in [0.4, 0.5) is 22.0 Å². The van der Waals surface area contributed by atoms with Crippen LogP contribution in [0, 0.1) is 0 Å². The van der Waals surface area contributed by atoms with Crippen LogP contribution in [0.25, 0.3) is 17.5 Å². The monoisotopic (exact) mass is 408 g/mol. The minimum atomic E-state index is -4.71. The fourth-order valence-electron chi connectivity index (χ4n) is 2.36. The summed E-state index contributed by atoms with van der Waals surface area (Å²) in [5.41, 5.74) is -0.889. The molecule has 1 aromatic heterocycles. The van der Waals surface area contributed by atoms with Gasteiger partial charge in [0.1, 0.15) is 5.82 Å². The van der Waals surface area contributed by atoms with E-state index in [4.69, 9.17) is 0 Å². The van der Waals surface area contributed by atoms with E-state index in [1.807, 2.05) is 0 Å². The third-order valence-corrected chi connectivity index (χ3v) is 5.60. The van der Waals surface area contributed by atoms with Crippen LogP contribution in [0.3, 0.4) is 0 Å². The Labute approximate surface area is 153 Å². The van der Waals surface area contributed by atoms with Crippen molar-refractivity contribution in [2.24, 2.45) is 7.05 Å². The summed E-state index contributed by atoms with van der Waals surface area (Å²) in [5, 5.41) is 0. The third kappa shape index (κ3) is 4.74. The molecule has 2 aromatic rings. The largest absolute Gasteiger partial charge is 0.416 e. The van der Waals surface area contributed by atoms with Crippen molar-refractivity contribution in [3.63, 3.8) is 0 Å². The maximum Gasteiger partial charge on any atom is 0.416 e. The zero-order chi connectivity index (χ0) is 20.6. The van der Waals surface area contributed by atoms with Gasteiger partial charge in [0.15, 0.2) is 9.84 Å². The average Bonchev–Trinajstić information content (AvgIpc) is 2.91. The van der Waals surface area contributed by atoms with E-state index in [0.29, 0.717) is 19.1 Å². The highest BCUT2D eigenvalue weighted by molar-refractivity contribution is 7.91. The third-order valence-electron chi connectivity index (χ3n) is 3.84. The van der Waals surface area contributed by atoms with Crippen LogP contribution < -0.4 is 0 Å². The number of hydrogen-bond donors (Lipinski definition) is 0. The van der Waals surface area contributed by atoms with Crippen LogP contribution in [-0.4, -0.2) is 29.6 Å². The summed E-state index contributed by atoms with van der Waals surface area (Å²) in [7, 11) is -2.54. The van der Waals surface area contributed by atoms with Crippen molar-refractivity contribution >= 4 is 15.9 Å². The Hall–Kier alpha value is -2.23. The lowest BCUT2D eigenvalue weighted by Crippen LogP contribution is -2.11. The molecule has 0 aliphatic heterocycles. The molecule has 27 heavy (non-hydrogen) atoms. The quantitative estimate of drug-likeness (QED) is 0.681. The van der Waals surface area contributed by atoms with E-state index < -0.39 is 38.1 Å². The molecule has 0 N–H and O–H groups in total. The van der Waals surface area contributed by atoms with Crippen molar-refractivity contribution < 1.29 is 30.4 Å². The zero-order valence-corrected chi connectivity index (χ0v) is 15.5. The highest BCUT2D eigenvalue weighted by atomic mass is 32.2. The fourth-order valence-corrected chi connectivity index (χ4v) is 3.47. The summed E-state index contributed by atoms with van der Waals surface area (Å²) in [6.07, 6.45) is -1.73. The van der Waals surface area contributed by atoms with Crippen LogP contribution in [0.2, 0.25) is 0 Å². The van der Waals surface area contributed by atoms with Gasteiger partial charge in [-0.15, -0.1) is 0 Å². The van der Waals surface area contributed by atoms with Crippen molar-refractivity contribution in [1.82, 2.24) is 9.55 Å². The second-order valence-electron chi connectivity index (χ2n) is 5.97. The lowest BCUT2D eigenvalue weighted by atomic mass is 10.1. The number of rotatable bonds is 5. The van der Waals surface area contributed by atoms with E-state index in [2.05, 4.69) is 4.98 Å². The summed E-state index contributed by atoms with van der Waals surface area (Å²) < 4.78 is 91.0. The molecule has 0 atom stereocenters. The number of nitrogens with zero attached hydrogens (tertiary/aromatic N) is 2. The summed E-state index contributed by atoms with van der Waals surface area (Å²) >= 11 is 0. The predicted octanol–water partition coefficient (Wildman–Crippen LogP) is 4.57. The normalized spacial score (nSPS) is 13.5. The van der Waals surface area contributed by atoms with E-state index in [9.17, 15) is 30.4 Å². The van der Waals surface area contributed by atoms with Gasteiger partial charge in [-0.2, -0.15) is 13.2 Å². The first-order valence-corrected chi connectivity index (χ1v) is 9.44. The first-order chi connectivity index (χ1) is 12.3. The van der Waals surface area contributed by atoms with Crippen molar-refractivity contribution in [1.29, 1.82) is 0 Å². The predicted molar refractivity (Wildman–Crippen MR) is 91.0 cm³/mol. The first kappa shape index (κ1) is 21.1. The summed E-state index contributed by atoms with van der Waals surface area (Å²) in [4.78, 5) is 3.50. The van der Waals surface area contributed by atoms with Gasteiger partial charge in [-0.25, -0.2) is 22.2 Å². The van der Waals surface area contributed by atoms with Crippen molar-refractivity contribution in [2.45, 2.75) is 30.8 Å². The number of benzene rings is 1. The number of sulfone groups is 1. The van der Waals surface area contributed by atoms with Gasteiger partial charge in [0.25, 0.3) is 5.92 Å². The average molecular weight is 408 g/mol. The second-order valence-corrected chi connectivity index (χ2v) is 8.21. The van der Waals surface area contributed by atoms with Gasteiger partial charge in [0, 0.05) is 19.5 Å². The number of alkyl halides is 5. The van der Waals surface area contributed by atoms with Gasteiger partial charge in [-0.05, 0) is 30.4 Å². The highest BCUT2D eigenvalue weighted by Crippen LogP contribution is 2.35. The van der Waals surface area contributed by atoms with Crippen molar-refractivity contribution in [3.8, 4) is 11.4 Å². The van der Waals surface area contributed by atoms with Crippen LogP contribution in [-0.2, 0) is 23.1 Å². The topological polar surface area (TPSA) is 52.0 Å². The first-order valence-electron chi connectivity index (χ1n) is 7.79. The number of halogens is 5. The molecule has 0 aliphatic carbocycles. The van der Waals surface area contributed by atoms with Crippen LogP contribution in [0.5, 0.6) is 0 Å². The molecule has 0 amide bonds. The Balaban J connectivity index is 2.66. The van der Waals surface area contributed by atoms with Crippen molar-refractivity contribution in [2.75, 3.05) is 5.75 Å². The molecule has 0 bridgehead atoms. The van der Waals surface area contributed by atoms with E-state index in [0.717, 1.165) is 18.2 Å². The summed E-state index contributed by atoms with van der Waals surface area (Å²) in [6.45, 7) is 2.01. The number of allylic oxidation sites excluding steroid dienone is 1. The Bertz CT molecular complexity index is 970. The molecular weight excluding hydrogens is 391 g/mol. The molecule has 0 saturated carbocycles. The molecule has 1 aromatic carbocycles. The maximum absolute atomic E-state index is 13.0. The van der Waals surface area contributed by atoms with Gasteiger partial charge < -0.3 is 4.57 Å². The Kier molecular flexibility index (Phi) is 5.51. The lowest BCUT2D eigenvalue weighted by molar-refractivity contribution is -0.137. The van der Waals surface area contributed by atoms with Gasteiger partial charge in [-0.1, -0.05) is 6.92 Å². The maximum atomic E-state index is 13.0. The molecule has 0 radical (unpaired) electrons. The molecule has 2 rings (SSSR count). The van der Waals surface area contributed by atoms with E-state index >= 15 is 0 Å². The lowest BCUT2D eigenvalue weighted by Gasteiger charge is -2.14. The van der Waals surface area contributed by atoms with E-state index in [1.54, 1.807) is 0 Å². The molecule has 10 heteroatoms. The van der Waals surface area contributed by atoms with Gasteiger partial charge >= 0.3 is 6.18 Å². The SMILES string of the molecule is CCS(=O)(=O)c1cc(C(F)(F)F)ccc1-c1ncc(/C=C/C(C)(F)F)n1C. The second kappa shape index (κ2) is 7.06. The molecule has 0 aliphatic rings. The minimum Gasteiger partial charge on any atom is -0.328 e. The molecule has 0 saturated heterocycles. The Morgan fingerprint density at radius 2 is 1.81 bits per heavy atom. The molecule has 148 valence electrons. The Morgan fingerprint density at radius 3 is 2.33 bits per heavy atom. The zero-order valence-electron chi connectivity index (χ0n) is 14.7. The smallest absolute Gasteiger partial charge is 0.328 e. The molecule has 0 unspecified atom stereocenters. The summed E-state index contributed by atoms with van der Waals surface area (Å²) in [5.74, 6) is -3.41. The van der Waals surface area contributed by atoms with E-state index in [1.165, 1.54) is 24.7 Å². The molecule has 1 heterocycles. The number of imidazole rings is 1. The standard InChI is InChI=1S/C17H17F5N2O2S/c1-4-27(25,26)14-9-11(17(20,21)22)5-6-13(14)15-23-10-12(24(15)3)7-8-16(2,18)19/h5-10H,4H2,1-3H3/b8-7+. The van der Waals surface area contributed by atoms with Crippen molar-refractivity contribution in [3.05, 3.63) is 41.7 Å².